The molecule has 2 saturated heterocycles. The molecule has 10 nitrogen and oxygen atoms in total. The van der Waals surface area contributed by atoms with Gasteiger partial charge in [-0.3, -0.25) is 4.79 Å². The molecule has 0 spiro atoms. The summed E-state index contributed by atoms with van der Waals surface area (Å²) in [5.74, 6) is 2.75. The number of rotatable bonds is 8. The number of anilines is 3. The van der Waals surface area contributed by atoms with Crippen LogP contribution < -0.4 is 15.1 Å². The summed E-state index contributed by atoms with van der Waals surface area (Å²) in [6.45, 7) is 8.55. The van der Waals surface area contributed by atoms with E-state index in [1.54, 1.807) is 0 Å². The molecule has 0 unspecified atom stereocenters. The minimum Gasteiger partial charge on any atom is -0.368 e. The van der Waals surface area contributed by atoms with Gasteiger partial charge in [0.15, 0.2) is 17.0 Å². The minimum atomic E-state index is 0.241. The van der Waals surface area contributed by atoms with Gasteiger partial charge >= 0.3 is 0 Å². The van der Waals surface area contributed by atoms with Gasteiger partial charge in [0, 0.05) is 65.0 Å². The third-order valence-corrected chi connectivity index (χ3v) is 6.31. The average Bonchev–Trinajstić information content (AvgIpc) is 3.47. The van der Waals surface area contributed by atoms with Crippen molar-refractivity contribution in [3.63, 3.8) is 0 Å². The van der Waals surface area contributed by atoms with E-state index in [9.17, 15) is 4.79 Å². The first-order valence-corrected chi connectivity index (χ1v) is 11.9. The van der Waals surface area contributed by atoms with Crippen LogP contribution in [0.4, 0.5) is 17.6 Å². The maximum Gasteiger partial charge on any atom is 0.229 e. The van der Waals surface area contributed by atoms with Crippen LogP contribution in [0.15, 0.2) is 30.7 Å². The Labute approximate surface area is 193 Å². The van der Waals surface area contributed by atoms with Crippen molar-refractivity contribution in [2.75, 3.05) is 60.9 Å². The lowest BCUT2D eigenvalue weighted by Gasteiger charge is -2.35. The van der Waals surface area contributed by atoms with Gasteiger partial charge in [-0.25, -0.2) is 9.97 Å². The fourth-order valence-corrected chi connectivity index (χ4v) is 4.45. The monoisotopic (exact) mass is 449 g/mol. The number of imidazole rings is 1. The van der Waals surface area contributed by atoms with Crippen LogP contribution in [0.25, 0.3) is 11.2 Å². The molecular weight excluding hydrogens is 418 g/mol. The van der Waals surface area contributed by atoms with Crippen LogP contribution in [0.3, 0.4) is 0 Å². The number of aromatic nitrogens is 5. The molecule has 0 aromatic carbocycles. The maximum absolute atomic E-state index is 12.0. The molecule has 10 heteroatoms. The van der Waals surface area contributed by atoms with Gasteiger partial charge in [0.25, 0.3) is 0 Å². The molecule has 2 aliphatic heterocycles. The quantitative estimate of drug-likeness (QED) is 0.558. The maximum atomic E-state index is 12.0. The highest BCUT2D eigenvalue weighted by molar-refractivity contribution is 5.84. The first-order chi connectivity index (χ1) is 16.2. The second-order valence-corrected chi connectivity index (χ2v) is 8.56. The number of pyridine rings is 1. The Hall–Kier alpha value is -3.43. The molecule has 1 N–H and O–H groups in total. The van der Waals surface area contributed by atoms with Gasteiger partial charge in [-0.1, -0.05) is 13.0 Å². The highest BCUT2D eigenvalue weighted by Crippen LogP contribution is 2.24. The van der Waals surface area contributed by atoms with E-state index in [1.165, 1.54) is 0 Å². The second kappa shape index (κ2) is 9.60. The van der Waals surface area contributed by atoms with E-state index in [4.69, 9.17) is 9.97 Å². The molecule has 0 bridgehead atoms. The molecule has 0 radical (unpaired) electrons. The number of fused-ring (bicyclic) bond motifs is 1. The summed E-state index contributed by atoms with van der Waals surface area (Å²) >= 11 is 0. The van der Waals surface area contributed by atoms with E-state index < -0.39 is 0 Å². The van der Waals surface area contributed by atoms with E-state index in [2.05, 4.69) is 38.1 Å². The topological polar surface area (TPSA) is 95.3 Å². The molecule has 3 aromatic rings. The number of likely N-dealkylation sites (tertiary alicyclic amines) is 1. The third-order valence-electron chi connectivity index (χ3n) is 6.31. The highest BCUT2D eigenvalue weighted by Gasteiger charge is 2.23. The number of hydrogen-bond donors (Lipinski definition) is 1. The fraction of sp³-hybridized carbons (Fsp3) is 0.522. The normalized spacial score (nSPS) is 16.8. The zero-order valence-electron chi connectivity index (χ0n) is 19.2. The Morgan fingerprint density at radius 3 is 2.58 bits per heavy atom. The molecular formula is C23H31N9O. The van der Waals surface area contributed by atoms with E-state index >= 15 is 0 Å². The number of nitrogens with one attached hydrogen (secondary N) is 1. The largest absolute Gasteiger partial charge is 0.368 e. The molecule has 2 aliphatic rings. The van der Waals surface area contributed by atoms with Crippen molar-refractivity contribution in [3.8, 4) is 0 Å². The van der Waals surface area contributed by atoms with Crippen molar-refractivity contribution in [2.45, 2.75) is 32.7 Å². The Morgan fingerprint density at radius 2 is 1.85 bits per heavy atom. The van der Waals surface area contributed by atoms with E-state index in [0.29, 0.717) is 19.5 Å². The van der Waals surface area contributed by atoms with Crippen LogP contribution in [-0.2, 0) is 11.3 Å². The Kier molecular flexibility index (Phi) is 6.23. The molecule has 5 rings (SSSR count). The number of piperazine rings is 1. The highest BCUT2D eigenvalue weighted by atomic mass is 16.2. The SMILES string of the molecule is CCCNc1nc(N2CCN(c3ccccn3)CC2)nc2c1ncn2CCN1CCCC1=O. The van der Waals surface area contributed by atoms with Gasteiger partial charge in [0.2, 0.25) is 11.9 Å². The van der Waals surface area contributed by atoms with Gasteiger partial charge in [-0.2, -0.15) is 9.97 Å². The zero-order valence-corrected chi connectivity index (χ0v) is 19.2. The van der Waals surface area contributed by atoms with Crippen molar-refractivity contribution in [2.24, 2.45) is 0 Å². The number of amides is 1. The summed E-state index contributed by atoms with van der Waals surface area (Å²) in [5, 5.41) is 3.43. The summed E-state index contributed by atoms with van der Waals surface area (Å²) in [4.78, 5) is 37.3. The van der Waals surface area contributed by atoms with E-state index in [0.717, 1.165) is 80.9 Å². The standard InChI is InChI=1S/C23H31N9O/c1-2-8-25-21-20-22(32(17-26-20)16-13-30-10-5-7-19(30)33)28-23(27-21)31-14-11-29(12-15-31)18-6-3-4-9-24-18/h3-4,6,9,17H,2,5,7-8,10-16H2,1H3,(H,25,27,28). The molecule has 0 aliphatic carbocycles. The molecule has 33 heavy (non-hydrogen) atoms. The number of hydrogen-bond acceptors (Lipinski definition) is 8. The Balaban J connectivity index is 1.37. The van der Waals surface area contributed by atoms with E-state index in [1.807, 2.05) is 34.1 Å². The van der Waals surface area contributed by atoms with Crippen LogP contribution in [0, 0.1) is 0 Å². The predicted molar refractivity (Wildman–Crippen MR) is 129 cm³/mol. The molecule has 0 saturated carbocycles. The van der Waals surface area contributed by atoms with Gasteiger partial charge in [0.1, 0.15) is 5.82 Å². The molecule has 1 amide bonds. The second-order valence-electron chi connectivity index (χ2n) is 8.56. The molecule has 2 fully saturated rings. The predicted octanol–water partition coefficient (Wildman–Crippen LogP) is 1.99. The Morgan fingerprint density at radius 1 is 1.00 bits per heavy atom. The summed E-state index contributed by atoms with van der Waals surface area (Å²) in [6.07, 6.45) is 6.26. The van der Waals surface area contributed by atoms with Crippen molar-refractivity contribution in [3.05, 3.63) is 30.7 Å². The molecule has 174 valence electrons. The van der Waals surface area contributed by atoms with Crippen molar-refractivity contribution in [1.29, 1.82) is 0 Å². The summed E-state index contributed by atoms with van der Waals surface area (Å²) in [5.41, 5.74) is 1.60. The van der Waals surface area contributed by atoms with Gasteiger partial charge in [0.05, 0.1) is 6.33 Å². The van der Waals surface area contributed by atoms with Gasteiger partial charge < -0.3 is 24.6 Å². The molecule has 5 heterocycles. The van der Waals surface area contributed by atoms with Crippen LogP contribution in [0.2, 0.25) is 0 Å². The van der Waals surface area contributed by atoms with Crippen LogP contribution >= 0.6 is 0 Å². The average molecular weight is 450 g/mol. The lowest BCUT2D eigenvalue weighted by Crippen LogP contribution is -2.47. The number of nitrogens with zero attached hydrogens (tertiary/aromatic N) is 8. The molecule has 3 aromatic heterocycles. The van der Waals surface area contributed by atoms with Crippen LogP contribution in [0.1, 0.15) is 26.2 Å². The van der Waals surface area contributed by atoms with Gasteiger partial charge in [-0.05, 0) is 25.0 Å². The fourth-order valence-electron chi connectivity index (χ4n) is 4.45. The van der Waals surface area contributed by atoms with Crippen molar-refractivity contribution in [1.82, 2.24) is 29.4 Å². The lowest BCUT2D eigenvalue weighted by atomic mass is 10.3. The van der Waals surface area contributed by atoms with Crippen molar-refractivity contribution < 1.29 is 4.79 Å². The summed E-state index contributed by atoms with van der Waals surface area (Å²) in [7, 11) is 0. The van der Waals surface area contributed by atoms with E-state index in [-0.39, 0.29) is 5.91 Å². The number of carbonyl (C=O) groups excluding carboxylic acids is 1. The first kappa shape index (κ1) is 21.4. The van der Waals surface area contributed by atoms with Gasteiger partial charge in [-0.15, -0.1) is 0 Å². The Bertz CT molecular complexity index is 1090. The van der Waals surface area contributed by atoms with Crippen molar-refractivity contribution >= 4 is 34.7 Å². The molecule has 0 atom stereocenters. The summed E-state index contributed by atoms with van der Waals surface area (Å²) in [6, 6.07) is 6.01. The third kappa shape index (κ3) is 4.55. The summed E-state index contributed by atoms with van der Waals surface area (Å²) < 4.78 is 2.05. The lowest BCUT2D eigenvalue weighted by molar-refractivity contribution is -0.127. The minimum absolute atomic E-state index is 0.241. The van der Waals surface area contributed by atoms with Crippen LogP contribution in [0.5, 0.6) is 0 Å². The smallest absolute Gasteiger partial charge is 0.229 e. The first-order valence-electron chi connectivity index (χ1n) is 11.9. The van der Waals surface area contributed by atoms with Crippen LogP contribution in [-0.4, -0.2) is 81.1 Å². The zero-order chi connectivity index (χ0) is 22.6. The number of carbonyl (C=O) groups is 1.